The lowest BCUT2D eigenvalue weighted by molar-refractivity contribution is 0.0741. The quantitative estimate of drug-likeness (QED) is 0.846. The Hall–Kier alpha value is -1.15. The first-order valence-electron chi connectivity index (χ1n) is 6.66. The summed E-state index contributed by atoms with van der Waals surface area (Å²) in [5, 5.41) is 9.11. The van der Waals surface area contributed by atoms with Crippen LogP contribution in [0.15, 0.2) is 18.2 Å². The summed E-state index contributed by atoms with van der Waals surface area (Å²) in [4.78, 5) is 14.1. The standard InChI is InChI=1S/C16H20ClNO2S/c1-12(8-10-21-3)18(2)16(20)14-7-6-13(5-4-9-19)15(17)11-14/h6-7,11-12,19H,8-10H2,1-3H3. The molecule has 5 heteroatoms. The predicted molar refractivity (Wildman–Crippen MR) is 90.0 cm³/mol. The summed E-state index contributed by atoms with van der Waals surface area (Å²) < 4.78 is 0. The van der Waals surface area contributed by atoms with Crippen molar-refractivity contribution in [3.63, 3.8) is 0 Å². The Morgan fingerprint density at radius 3 is 2.81 bits per heavy atom. The van der Waals surface area contributed by atoms with Crippen LogP contribution in [-0.4, -0.2) is 47.6 Å². The number of amides is 1. The van der Waals surface area contributed by atoms with Crippen LogP contribution in [0.25, 0.3) is 0 Å². The minimum absolute atomic E-state index is 0.0489. The molecule has 0 heterocycles. The molecule has 114 valence electrons. The number of rotatable bonds is 5. The SMILES string of the molecule is CSCCC(C)N(C)C(=O)c1ccc(C#CCO)c(Cl)c1. The normalized spacial score (nSPS) is 11.5. The second-order valence-corrected chi connectivity index (χ2v) is 6.09. The van der Waals surface area contributed by atoms with Gasteiger partial charge in [0.15, 0.2) is 0 Å². The van der Waals surface area contributed by atoms with Crippen molar-refractivity contribution >= 4 is 29.3 Å². The number of aliphatic hydroxyl groups excluding tert-OH is 1. The lowest BCUT2D eigenvalue weighted by Crippen LogP contribution is -2.35. The number of nitrogens with zero attached hydrogens (tertiary/aromatic N) is 1. The summed E-state index contributed by atoms with van der Waals surface area (Å²) in [5.41, 5.74) is 1.16. The second-order valence-electron chi connectivity index (χ2n) is 4.70. The van der Waals surface area contributed by atoms with E-state index in [1.807, 2.05) is 6.92 Å². The van der Waals surface area contributed by atoms with Crippen LogP contribution in [0.5, 0.6) is 0 Å². The number of benzene rings is 1. The van der Waals surface area contributed by atoms with Crippen molar-refractivity contribution in [1.29, 1.82) is 0 Å². The van der Waals surface area contributed by atoms with Crippen molar-refractivity contribution in [2.75, 3.05) is 25.7 Å². The van der Waals surface area contributed by atoms with Crippen LogP contribution >= 0.6 is 23.4 Å². The highest BCUT2D eigenvalue weighted by Gasteiger charge is 2.17. The summed E-state index contributed by atoms with van der Waals surface area (Å²) in [6, 6.07) is 5.23. The summed E-state index contributed by atoms with van der Waals surface area (Å²) in [6.07, 6.45) is 3.01. The molecule has 0 saturated heterocycles. The third kappa shape index (κ3) is 5.28. The molecular weight excluding hydrogens is 306 g/mol. The molecule has 0 aliphatic carbocycles. The zero-order valence-electron chi connectivity index (χ0n) is 12.5. The molecule has 0 spiro atoms. The fourth-order valence-electron chi connectivity index (χ4n) is 1.77. The first-order valence-corrected chi connectivity index (χ1v) is 8.43. The highest BCUT2D eigenvalue weighted by atomic mass is 35.5. The molecule has 21 heavy (non-hydrogen) atoms. The van der Waals surface area contributed by atoms with Crippen LogP contribution in [0.1, 0.15) is 29.3 Å². The highest BCUT2D eigenvalue weighted by Crippen LogP contribution is 2.19. The van der Waals surface area contributed by atoms with Gasteiger partial charge in [-0.05, 0) is 43.6 Å². The molecule has 0 aliphatic heterocycles. The van der Waals surface area contributed by atoms with Gasteiger partial charge in [-0.2, -0.15) is 11.8 Å². The first kappa shape index (κ1) is 17.9. The molecule has 0 aromatic heterocycles. The van der Waals surface area contributed by atoms with E-state index in [0.717, 1.165) is 12.2 Å². The Labute approximate surface area is 135 Å². The summed E-state index contributed by atoms with van der Waals surface area (Å²) in [5.74, 6) is 6.26. The van der Waals surface area contributed by atoms with Crippen LogP contribution in [0, 0.1) is 11.8 Å². The van der Waals surface area contributed by atoms with E-state index in [4.69, 9.17) is 16.7 Å². The molecule has 0 bridgehead atoms. The zero-order chi connectivity index (χ0) is 15.8. The third-order valence-electron chi connectivity index (χ3n) is 3.24. The van der Waals surface area contributed by atoms with Gasteiger partial charge in [0.25, 0.3) is 5.91 Å². The molecule has 1 N–H and O–H groups in total. The van der Waals surface area contributed by atoms with Crippen molar-refractivity contribution in [3.8, 4) is 11.8 Å². The van der Waals surface area contributed by atoms with E-state index >= 15 is 0 Å². The highest BCUT2D eigenvalue weighted by molar-refractivity contribution is 7.98. The average Bonchev–Trinajstić information content (AvgIpc) is 2.49. The lowest BCUT2D eigenvalue weighted by atomic mass is 10.1. The molecule has 0 saturated carbocycles. The molecule has 1 amide bonds. The Balaban J connectivity index is 2.85. The van der Waals surface area contributed by atoms with E-state index in [1.54, 1.807) is 41.9 Å². The van der Waals surface area contributed by atoms with Gasteiger partial charge in [0.2, 0.25) is 0 Å². The smallest absolute Gasteiger partial charge is 0.253 e. The van der Waals surface area contributed by atoms with Crippen LogP contribution in [0.2, 0.25) is 5.02 Å². The molecule has 0 fully saturated rings. The number of hydrogen-bond donors (Lipinski definition) is 1. The predicted octanol–water partition coefficient (Wildman–Crippen LogP) is 2.90. The molecule has 1 atom stereocenters. The van der Waals surface area contributed by atoms with Crippen molar-refractivity contribution in [3.05, 3.63) is 34.3 Å². The third-order valence-corrected chi connectivity index (χ3v) is 4.20. The number of carbonyl (C=O) groups excluding carboxylic acids is 1. The molecular formula is C16H20ClNO2S. The molecule has 1 aromatic carbocycles. The van der Waals surface area contributed by atoms with Gasteiger partial charge in [-0.25, -0.2) is 0 Å². The fraction of sp³-hybridized carbons (Fsp3) is 0.438. The topological polar surface area (TPSA) is 40.5 Å². The van der Waals surface area contributed by atoms with Gasteiger partial charge >= 0.3 is 0 Å². The van der Waals surface area contributed by atoms with Gasteiger partial charge in [0.05, 0.1) is 5.02 Å². The largest absolute Gasteiger partial charge is 0.384 e. The van der Waals surface area contributed by atoms with Crippen LogP contribution in [0.3, 0.4) is 0 Å². The molecule has 1 unspecified atom stereocenters. The van der Waals surface area contributed by atoms with Crippen LogP contribution in [-0.2, 0) is 0 Å². The summed E-state index contributed by atoms with van der Waals surface area (Å²) in [7, 11) is 1.81. The minimum atomic E-state index is -0.216. The lowest BCUT2D eigenvalue weighted by Gasteiger charge is -2.25. The average molecular weight is 326 g/mol. The van der Waals surface area contributed by atoms with E-state index in [2.05, 4.69) is 18.1 Å². The molecule has 0 radical (unpaired) electrons. The van der Waals surface area contributed by atoms with Crippen LogP contribution < -0.4 is 0 Å². The van der Waals surface area contributed by atoms with Crippen molar-refractivity contribution in [2.24, 2.45) is 0 Å². The van der Waals surface area contributed by atoms with Gasteiger partial charge in [-0.15, -0.1) is 0 Å². The van der Waals surface area contributed by atoms with E-state index in [1.165, 1.54) is 0 Å². The second kappa shape index (κ2) is 8.99. The number of thioether (sulfide) groups is 1. The molecule has 3 nitrogen and oxygen atoms in total. The number of halogens is 1. The van der Waals surface area contributed by atoms with Crippen molar-refractivity contribution in [2.45, 2.75) is 19.4 Å². The number of hydrogen-bond acceptors (Lipinski definition) is 3. The van der Waals surface area contributed by atoms with Gasteiger partial charge in [-0.3, -0.25) is 4.79 Å². The summed E-state index contributed by atoms with van der Waals surface area (Å²) >= 11 is 7.89. The van der Waals surface area contributed by atoms with Gasteiger partial charge in [-0.1, -0.05) is 23.4 Å². The zero-order valence-corrected chi connectivity index (χ0v) is 14.1. The van der Waals surface area contributed by atoms with Crippen molar-refractivity contribution < 1.29 is 9.90 Å². The first-order chi connectivity index (χ1) is 10.0. The van der Waals surface area contributed by atoms with E-state index in [0.29, 0.717) is 16.1 Å². The number of aliphatic hydroxyl groups is 1. The minimum Gasteiger partial charge on any atom is -0.384 e. The maximum atomic E-state index is 12.4. The Bertz CT molecular complexity index is 551. The van der Waals surface area contributed by atoms with Gasteiger partial charge in [0, 0.05) is 24.2 Å². The molecule has 1 rings (SSSR count). The molecule has 0 aliphatic rings. The number of carbonyl (C=O) groups is 1. The Morgan fingerprint density at radius 2 is 2.24 bits per heavy atom. The molecule has 1 aromatic rings. The van der Waals surface area contributed by atoms with E-state index < -0.39 is 0 Å². The van der Waals surface area contributed by atoms with Gasteiger partial charge < -0.3 is 10.0 Å². The Kier molecular flexibility index (Phi) is 7.66. The van der Waals surface area contributed by atoms with E-state index in [-0.39, 0.29) is 18.6 Å². The Morgan fingerprint density at radius 1 is 1.52 bits per heavy atom. The summed E-state index contributed by atoms with van der Waals surface area (Å²) in [6.45, 7) is 1.82. The monoisotopic (exact) mass is 325 g/mol. The van der Waals surface area contributed by atoms with Crippen LogP contribution in [0.4, 0.5) is 0 Å². The van der Waals surface area contributed by atoms with Crippen molar-refractivity contribution in [1.82, 2.24) is 4.90 Å². The van der Waals surface area contributed by atoms with Gasteiger partial charge in [0.1, 0.15) is 6.61 Å². The fourth-order valence-corrected chi connectivity index (χ4v) is 2.57. The van der Waals surface area contributed by atoms with E-state index in [9.17, 15) is 4.79 Å². The maximum Gasteiger partial charge on any atom is 0.253 e. The maximum absolute atomic E-state index is 12.4.